The first-order valence-electron chi connectivity index (χ1n) is 8.36. The summed E-state index contributed by atoms with van der Waals surface area (Å²) in [5.41, 5.74) is 0. The Morgan fingerprint density at radius 1 is 0.818 bits per heavy atom. The highest BCUT2D eigenvalue weighted by Gasteiger charge is 1.92. The third kappa shape index (κ3) is 50.0. The van der Waals surface area contributed by atoms with Crippen LogP contribution in [0.2, 0.25) is 0 Å². The third-order valence-electron chi connectivity index (χ3n) is 2.78. The van der Waals surface area contributed by atoms with E-state index in [0.29, 0.717) is 0 Å². The van der Waals surface area contributed by atoms with E-state index in [-0.39, 0.29) is 6.61 Å². The minimum absolute atomic E-state index is 0.139. The maximum absolute atomic E-state index is 8.11. The molecule has 0 saturated heterocycles. The second-order valence-electron chi connectivity index (χ2n) is 5.28. The number of thiol groups is 1. The molecule has 0 amide bonds. The molecule has 22 heavy (non-hydrogen) atoms. The first-order valence-corrected chi connectivity index (χ1v) is 8.99. The zero-order valence-electron chi connectivity index (χ0n) is 14.3. The van der Waals surface area contributed by atoms with Gasteiger partial charge in [0, 0.05) is 0 Å². The molecule has 1 atom stereocenters. The lowest BCUT2D eigenvalue weighted by molar-refractivity contribution is 0.110. The van der Waals surface area contributed by atoms with E-state index in [1.54, 1.807) is 0 Å². The lowest BCUT2D eigenvalue weighted by atomic mass is 10.1. The number of rotatable bonds is 11. The van der Waals surface area contributed by atoms with Crippen molar-refractivity contribution in [2.75, 3.05) is 12.4 Å². The average molecular weight is 340 g/mol. The van der Waals surface area contributed by atoms with E-state index in [0.717, 1.165) is 5.75 Å². The van der Waals surface area contributed by atoms with Gasteiger partial charge in [-0.2, -0.15) is 12.6 Å². The molecule has 0 spiro atoms. The van der Waals surface area contributed by atoms with E-state index in [2.05, 4.69) is 19.6 Å². The van der Waals surface area contributed by atoms with Crippen molar-refractivity contribution in [3.63, 3.8) is 0 Å². The Balaban J connectivity index is -0.000000330. The first kappa shape index (κ1) is 27.1. The molecule has 0 aliphatic carbocycles. The molecule has 5 N–H and O–H groups in total. The molecule has 0 aromatic rings. The van der Waals surface area contributed by atoms with Gasteiger partial charge in [0.1, 0.15) is 0 Å². The predicted molar refractivity (Wildman–Crippen MR) is 96.9 cm³/mol. The van der Waals surface area contributed by atoms with Crippen LogP contribution in [0.15, 0.2) is 0 Å². The molecule has 0 aliphatic heterocycles. The summed E-state index contributed by atoms with van der Waals surface area (Å²) in [6.45, 7) is 3.66. The Morgan fingerprint density at radius 3 is 1.32 bits per heavy atom. The maximum Gasteiger partial charge on any atom is 0.631 e. The van der Waals surface area contributed by atoms with E-state index in [1.807, 2.05) is 0 Å². The van der Waals surface area contributed by atoms with Crippen LogP contribution in [0.25, 0.3) is 0 Å². The quantitative estimate of drug-likeness (QED) is 0.197. The molecule has 0 saturated carbocycles. The number of aliphatic hydroxyl groups excluding tert-OH is 2. The molecule has 1 unspecified atom stereocenters. The number of aliphatic hydroxyl groups is 2. The third-order valence-corrected chi connectivity index (χ3v) is 3.09. The van der Waals surface area contributed by atoms with Crippen molar-refractivity contribution >= 4 is 20.0 Å². The average Bonchev–Trinajstić information content (AvgIpc) is 2.45. The minimum atomic E-state index is -2.17. The molecule has 7 heteroatoms. The monoisotopic (exact) mass is 340 g/mol. The molecular formula is C15H37BO5S. The van der Waals surface area contributed by atoms with Crippen molar-refractivity contribution in [3.8, 4) is 0 Å². The van der Waals surface area contributed by atoms with E-state index in [4.69, 9.17) is 25.3 Å². The van der Waals surface area contributed by atoms with E-state index < -0.39 is 13.4 Å². The summed E-state index contributed by atoms with van der Waals surface area (Å²) in [6, 6.07) is 0. The normalized spacial score (nSPS) is 10.9. The predicted octanol–water partition coefficient (Wildman–Crippen LogP) is 2.14. The molecule has 0 radical (unpaired) electrons. The van der Waals surface area contributed by atoms with Crippen LogP contribution in [0.1, 0.15) is 78.1 Å². The molecule has 0 fully saturated rings. The van der Waals surface area contributed by atoms with Crippen molar-refractivity contribution < 1.29 is 25.3 Å². The summed E-state index contributed by atoms with van der Waals surface area (Å²) in [6.07, 6.45) is 13.6. The smallest absolute Gasteiger partial charge is 0.402 e. The van der Waals surface area contributed by atoms with Crippen molar-refractivity contribution in [1.82, 2.24) is 0 Å². The summed E-state index contributed by atoms with van der Waals surface area (Å²) < 4.78 is 0. The minimum Gasteiger partial charge on any atom is -0.402 e. The van der Waals surface area contributed by atoms with E-state index in [1.165, 1.54) is 71.1 Å². The van der Waals surface area contributed by atoms with Crippen molar-refractivity contribution in [1.29, 1.82) is 0 Å². The van der Waals surface area contributed by atoms with Gasteiger partial charge in [0.2, 0.25) is 0 Å². The van der Waals surface area contributed by atoms with Gasteiger partial charge in [0.05, 0.1) is 12.7 Å². The molecule has 0 heterocycles. The lowest BCUT2D eigenvalue weighted by Crippen LogP contribution is -2.07. The van der Waals surface area contributed by atoms with Gasteiger partial charge >= 0.3 is 7.32 Å². The molecule has 0 aromatic carbocycles. The summed E-state index contributed by atoms with van der Waals surface area (Å²) in [4.78, 5) is 0. The molecular weight excluding hydrogens is 303 g/mol. The number of hydrogen-bond acceptors (Lipinski definition) is 6. The van der Waals surface area contributed by atoms with Crippen molar-refractivity contribution in [2.45, 2.75) is 84.2 Å². The Labute approximate surface area is 142 Å². The fourth-order valence-corrected chi connectivity index (χ4v) is 1.82. The zero-order valence-corrected chi connectivity index (χ0v) is 15.2. The molecule has 0 aliphatic rings. The largest absolute Gasteiger partial charge is 0.631 e. The van der Waals surface area contributed by atoms with Crippen LogP contribution in [0.4, 0.5) is 0 Å². The summed E-state index contributed by atoms with van der Waals surface area (Å²) in [7, 11) is -2.17. The lowest BCUT2D eigenvalue weighted by Gasteiger charge is -2.00. The van der Waals surface area contributed by atoms with Crippen LogP contribution < -0.4 is 0 Å². The fourth-order valence-electron chi connectivity index (χ4n) is 1.60. The van der Waals surface area contributed by atoms with Crippen molar-refractivity contribution in [2.24, 2.45) is 0 Å². The van der Waals surface area contributed by atoms with Gasteiger partial charge in [-0.3, -0.25) is 0 Å². The molecule has 0 bridgehead atoms. The van der Waals surface area contributed by atoms with Crippen LogP contribution in [-0.4, -0.2) is 51.1 Å². The standard InChI is InChI=1S/C12H26S.C3H8O2.BH3O3/c1-2-3-4-5-6-7-8-9-10-11-12-13;1-3(5)2-4;2-1(3)4/h13H,2-12H2,1H3;3-5H,2H2,1H3;2-4H. The van der Waals surface area contributed by atoms with Crippen LogP contribution in [0.5, 0.6) is 0 Å². The fraction of sp³-hybridized carbons (Fsp3) is 1.00. The van der Waals surface area contributed by atoms with E-state index in [9.17, 15) is 0 Å². The van der Waals surface area contributed by atoms with Gasteiger partial charge in [-0.15, -0.1) is 0 Å². The second-order valence-corrected chi connectivity index (χ2v) is 5.73. The number of hydrogen-bond donors (Lipinski definition) is 6. The topological polar surface area (TPSA) is 101 Å². The summed E-state index contributed by atoms with van der Waals surface area (Å²) in [5.74, 6) is 1.07. The van der Waals surface area contributed by atoms with Gasteiger partial charge in [-0.1, -0.05) is 64.7 Å². The van der Waals surface area contributed by atoms with Gasteiger partial charge in [0.15, 0.2) is 0 Å². The second kappa shape index (κ2) is 26.1. The van der Waals surface area contributed by atoms with Gasteiger partial charge < -0.3 is 25.3 Å². The van der Waals surface area contributed by atoms with Crippen LogP contribution >= 0.6 is 12.6 Å². The summed E-state index contributed by atoms with van der Waals surface area (Å²) in [5, 5.41) is 37.5. The highest BCUT2D eigenvalue weighted by molar-refractivity contribution is 7.80. The van der Waals surface area contributed by atoms with Crippen LogP contribution in [0.3, 0.4) is 0 Å². The Morgan fingerprint density at radius 2 is 1.09 bits per heavy atom. The van der Waals surface area contributed by atoms with Crippen LogP contribution in [0, 0.1) is 0 Å². The SMILES string of the molecule is CC(O)CO.CCCCCCCCCCCCS.OB(O)O. The molecule has 5 nitrogen and oxygen atoms in total. The Hall–Kier alpha value is 0.215. The zero-order chi connectivity index (χ0) is 17.6. The highest BCUT2D eigenvalue weighted by atomic mass is 32.1. The molecule has 136 valence electrons. The van der Waals surface area contributed by atoms with Gasteiger partial charge in [0.25, 0.3) is 0 Å². The van der Waals surface area contributed by atoms with Gasteiger partial charge in [-0.25, -0.2) is 0 Å². The van der Waals surface area contributed by atoms with Crippen molar-refractivity contribution in [3.05, 3.63) is 0 Å². The highest BCUT2D eigenvalue weighted by Crippen LogP contribution is 2.10. The van der Waals surface area contributed by atoms with Crippen LogP contribution in [-0.2, 0) is 0 Å². The Bertz CT molecular complexity index is 161. The molecule has 0 aromatic heterocycles. The van der Waals surface area contributed by atoms with Gasteiger partial charge in [-0.05, 0) is 19.1 Å². The maximum atomic E-state index is 8.11. The first-order chi connectivity index (χ1) is 10.4. The van der Waals surface area contributed by atoms with E-state index >= 15 is 0 Å². The summed E-state index contributed by atoms with van der Waals surface area (Å²) >= 11 is 4.20. The molecule has 0 rings (SSSR count). The number of unbranched alkanes of at least 4 members (excludes halogenated alkanes) is 9. The Kier molecular flexibility index (Phi) is 32.2.